The number of rotatable bonds is 2. The zero-order chi connectivity index (χ0) is 7.40. The minimum Gasteiger partial charge on any atom is -0.330 e. The quantitative estimate of drug-likeness (QED) is 0.637. The molecular weight excluding hydrogens is 126 g/mol. The first-order valence-electron chi connectivity index (χ1n) is 3.30. The predicted octanol–water partition coefficient (Wildman–Crippen LogP) is 0.286. The van der Waals surface area contributed by atoms with Crippen molar-refractivity contribution in [3.8, 4) is 0 Å². The van der Waals surface area contributed by atoms with Gasteiger partial charge in [0, 0.05) is 17.8 Å². The van der Waals surface area contributed by atoms with Crippen LogP contribution < -0.4 is 5.73 Å². The molecule has 0 saturated carbocycles. The summed E-state index contributed by atoms with van der Waals surface area (Å²) in [7, 11) is 0. The van der Waals surface area contributed by atoms with Crippen LogP contribution in [0.2, 0.25) is 0 Å². The summed E-state index contributed by atoms with van der Waals surface area (Å²) in [6.07, 6.45) is 2.41. The maximum atomic E-state index is 5.35. The predicted molar refractivity (Wildman–Crippen MR) is 39.5 cm³/mol. The first-order valence-corrected chi connectivity index (χ1v) is 3.30. The molecule has 3 heteroatoms. The van der Waals surface area contributed by atoms with Gasteiger partial charge >= 0.3 is 0 Å². The van der Waals surface area contributed by atoms with Crippen molar-refractivity contribution in [2.45, 2.75) is 13.3 Å². The maximum absolute atomic E-state index is 5.35. The third kappa shape index (κ3) is 1.77. The van der Waals surface area contributed by atoms with Gasteiger partial charge in [-0.3, -0.25) is 0 Å². The molecular formula is C7H11N3. The van der Waals surface area contributed by atoms with E-state index in [0.29, 0.717) is 6.54 Å². The van der Waals surface area contributed by atoms with Crippen molar-refractivity contribution in [3.05, 3.63) is 23.8 Å². The molecule has 0 aliphatic carbocycles. The average molecular weight is 137 g/mol. The smallest absolute Gasteiger partial charge is 0.115 e. The van der Waals surface area contributed by atoms with Crippen LogP contribution in [0.15, 0.2) is 12.4 Å². The summed E-state index contributed by atoms with van der Waals surface area (Å²) in [5, 5.41) is 0. The van der Waals surface area contributed by atoms with Gasteiger partial charge < -0.3 is 5.73 Å². The number of hydrogen-bond donors (Lipinski definition) is 1. The number of nitrogens with zero attached hydrogens (tertiary/aromatic N) is 2. The third-order valence-electron chi connectivity index (χ3n) is 1.26. The molecule has 0 bridgehead atoms. The number of aromatic nitrogens is 2. The fourth-order valence-electron chi connectivity index (χ4n) is 0.794. The molecule has 0 saturated heterocycles. The van der Waals surface area contributed by atoms with E-state index in [1.54, 1.807) is 6.33 Å². The van der Waals surface area contributed by atoms with E-state index >= 15 is 0 Å². The zero-order valence-corrected chi connectivity index (χ0v) is 6.04. The lowest BCUT2D eigenvalue weighted by atomic mass is 10.3. The van der Waals surface area contributed by atoms with Gasteiger partial charge in [0.05, 0.1) is 0 Å². The molecule has 0 amide bonds. The minimum absolute atomic E-state index is 0.649. The molecule has 0 atom stereocenters. The summed E-state index contributed by atoms with van der Waals surface area (Å²) in [5.41, 5.74) is 7.37. The van der Waals surface area contributed by atoms with Crippen molar-refractivity contribution in [2.75, 3.05) is 6.54 Å². The first-order chi connectivity index (χ1) is 4.83. The van der Waals surface area contributed by atoms with Gasteiger partial charge in [0.2, 0.25) is 0 Å². The van der Waals surface area contributed by atoms with Gasteiger partial charge in [0.15, 0.2) is 0 Å². The second-order valence-corrected chi connectivity index (χ2v) is 2.19. The van der Waals surface area contributed by atoms with Crippen molar-refractivity contribution < 1.29 is 0 Å². The van der Waals surface area contributed by atoms with E-state index in [2.05, 4.69) is 9.97 Å². The van der Waals surface area contributed by atoms with E-state index in [9.17, 15) is 0 Å². The average Bonchev–Trinajstić information content (AvgIpc) is 1.88. The Kier molecular flexibility index (Phi) is 2.34. The lowest BCUT2D eigenvalue weighted by molar-refractivity contribution is 0.900. The fourth-order valence-corrected chi connectivity index (χ4v) is 0.794. The van der Waals surface area contributed by atoms with Crippen LogP contribution in [0.25, 0.3) is 0 Å². The van der Waals surface area contributed by atoms with E-state index in [1.807, 2.05) is 13.0 Å². The molecule has 0 aliphatic rings. The molecule has 10 heavy (non-hydrogen) atoms. The number of hydrogen-bond acceptors (Lipinski definition) is 3. The highest BCUT2D eigenvalue weighted by Gasteiger charge is 1.91. The number of nitrogens with two attached hydrogens (primary N) is 1. The summed E-state index contributed by atoms with van der Waals surface area (Å²) in [6, 6.07) is 1.95. The maximum Gasteiger partial charge on any atom is 0.115 e. The second kappa shape index (κ2) is 3.27. The topological polar surface area (TPSA) is 51.8 Å². The fraction of sp³-hybridized carbons (Fsp3) is 0.429. The Morgan fingerprint density at radius 3 is 2.90 bits per heavy atom. The third-order valence-corrected chi connectivity index (χ3v) is 1.26. The lowest BCUT2D eigenvalue weighted by Gasteiger charge is -1.96. The minimum atomic E-state index is 0.649. The molecule has 3 nitrogen and oxygen atoms in total. The molecule has 2 N–H and O–H groups in total. The van der Waals surface area contributed by atoms with E-state index in [-0.39, 0.29) is 0 Å². The molecule has 0 aromatic carbocycles. The van der Waals surface area contributed by atoms with Crippen LogP contribution >= 0.6 is 0 Å². The lowest BCUT2D eigenvalue weighted by Crippen LogP contribution is -2.04. The molecule has 1 aromatic heterocycles. The van der Waals surface area contributed by atoms with Crippen molar-refractivity contribution in [1.29, 1.82) is 0 Å². The van der Waals surface area contributed by atoms with Crippen LogP contribution in [-0.2, 0) is 6.42 Å². The Morgan fingerprint density at radius 2 is 2.30 bits per heavy atom. The second-order valence-electron chi connectivity index (χ2n) is 2.19. The zero-order valence-electron chi connectivity index (χ0n) is 6.04. The Labute approximate surface area is 60.3 Å². The van der Waals surface area contributed by atoms with Crippen LogP contribution in [0.4, 0.5) is 0 Å². The molecule has 0 aliphatic heterocycles. The number of aryl methyl sites for hydroxylation is 1. The largest absolute Gasteiger partial charge is 0.330 e. The highest BCUT2D eigenvalue weighted by Crippen LogP contribution is 1.95. The highest BCUT2D eigenvalue weighted by molar-refractivity contribution is 5.06. The summed E-state index contributed by atoms with van der Waals surface area (Å²) in [4.78, 5) is 8.01. The van der Waals surface area contributed by atoms with Gasteiger partial charge in [0.1, 0.15) is 6.33 Å². The summed E-state index contributed by atoms with van der Waals surface area (Å²) in [5.74, 6) is 0. The SMILES string of the molecule is Cc1cc(CCN)ncn1. The highest BCUT2D eigenvalue weighted by atomic mass is 14.8. The van der Waals surface area contributed by atoms with Gasteiger partial charge in [0.25, 0.3) is 0 Å². The van der Waals surface area contributed by atoms with Crippen LogP contribution in [0, 0.1) is 6.92 Å². The standard InChI is InChI=1S/C7H11N3/c1-6-4-7(2-3-8)10-5-9-6/h4-5H,2-3,8H2,1H3. The Hall–Kier alpha value is -0.960. The van der Waals surface area contributed by atoms with E-state index in [0.717, 1.165) is 17.8 Å². The Morgan fingerprint density at radius 1 is 1.50 bits per heavy atom. The van der Waals surface area contributed by atoms with Crippen LogP contribution in [0.3, 0.4) is 0 Å². The van der Waals surface area contributed by atoms with Gasteiger partial charge in [-0.2, -0.15) is 0 Å². The van der Waals surface area contributed by atoms with Gasteiger partial charge in [-0.1, -0.05) is 0 Å². The summed E-state index contributed by atoms with van der Waals surface area (Å²) in [6.45, 7) is 2.60. The Balaban J connectivity index is 2.75. The first kappa shape index (κ1) is 7.15. The summed E-state index contributed by atoms with van der Waals surface area (Å²) < 4.78 is 0. The molecule has 54 valence electrons. The van der Waals surface area contributed by atoms with Crippen molar-refractivity contribution >= 4 is 0 Å². The molecule has 0 fully saturated rings. The van der Waals surface area contributed by atoms with Crippen molar-refractivity contribution in [3.63, 3.8) is 0 Å². The molecule has 0 radical (unpaired) electrons. The van der Waals surface area contributed by atoms with E-state index in [1.165, 1.54) is 0 Å². The van der Waals surface area contributed by atoms with Gasteiger partial charge in [-0.15, -0.1) is 0 Å². The molecule has 1 heterocycles. The van der Waals surface area contributed by atoms with Crippen LogP contribution in [0.5, 0.6) is 0 Å². The van der Waals surface area contributed by atoms with Crippen LogP contribution in [0.1, 0.15) is 11.4 Å². The van der Waals surface area contributed by atoms with E-state index in [4.69, 9.17) is 5.73 Å². The molecule has 1 aromatic rings. The molecule has 0 spiro atoms. The molecule has 1 rings (SSSR count). The monoisotopic (exact) mass is 137 g/mol. The normalized spacial score (nSPS) is 9.80. The van der Waals surface area contributed by atoms with Gasteiger partial charge in [-0.25, -0.2) is 9.97 Å². The summed E-state index contributed by atoms with van der Waals surface area (Å²) >= 11 is 0. The molecule has 0 unspecified atom stereocenters. The van der Waals surface area contributed by atoms with E-state index < -0.39 is 0 Å². The van der Waals surface area contributed by atoms with Crippen LogP contribution in [-0.4, -0.2) is 16.5 Å². The Bertz CT molecular complexity index is 210. The van der Waals surface area contributed by atoms with Gasteiger partial charge in [-0.05, 0) is 19.5 Å². The van der Waals surface area contributed by atoms with Crippen molar-refractivity contribution in [2.24, 2.45) is 5.73 Å². The van der Waals surface area contributed by atoms with Crippen molar-refractivity contribution in [1.82, 2.24) is 9.97 Å².